The third-order valence-corrected chi connectivity index (χ3v) is 8.02. The first-order valence-corrected chi connectivity index (χ1v) is 18.6. The molecule has 0 heterocycles. The molecule has 0 radical (unpaired) electrons. The topological polar surface area (TPSA) is 92.7 Å². The number of carbonyl (C=O) groups excluding carboxylic acids is 2. The van der Waals surface area contributed by atoms with Crippen molar-refractivity contribution in [2.75, 3.05) is 6.54 Å². The summed E-state index contributed by atoms with van der Waals surface area (Å²) in [5.41, 5.74) is 0. The van der Waals surface area contributed by atoms with Crippen LogP contribution in [0.1, 0.15) is 181 Å². The maximum atomic E-state index is 12.6. The zero-order chi connectivity index (χ0) is 33.1. The van der Waals surface area contributed by atoms with Crippen LogP contribution in [0.2, 0.25) is 0 Å². The number of unbranched alkanes of at least 4 members (excludes halogenated alkanes) is 18. The molecule has 2 N–H and O–H groups in total. The van der Waals surface area contributed by atoms with E-state index in [2.05, 4.69) is 55.6 Å². The molecule has 260 valence electrons. The van der Waals surface area contributed by atoms with Crippen LogP contribution in [0.3, 0.4) is 0 Å². The molecule has 0 spiro atoms. The third-order valence-electron chi connectivity index (χ3n) is 8.02. The van der Waals surface area contributed by atoms with Crippen molar-refractivity contribution in [3.05, 3.63) is 36.5 Å². The Bertz CT molecular complexity index is 788. The zero-order valence-corrected chi connectivity index (χ0v) is 29.2. The number of ether oxygens (including phenoxy) is 1. The maximum Gasteiger partial charge on any atom is 0.322 e. The van der Waals surface area contributed by atoms with Crippen molar-refractivity contribution >= 4 is 17.8 Å². The van der Waals surface area contributed by atoms with Crippen LogP contribution in [0.5, 0.6) is 0 Å². The molecule has 0 aromatic rings. The molecule has 0 aromatic heterocycles. The van der Waals surface area contributed by atoms with Gasteiger partial charge in [0.1, 0.15) is 12.6 Å². The molecule has 0 aliphatic rings. The summed E-state index contributed by atoms with van der Waals surface area (Å²) in [4.78, 5) is 34.7. The summed E-state index contributed by atoms with van der Waals surface area (Å²) >= 11 is 0. The smallest absolute Gasteiger partial charge is 0.322 e. The van der Waals surface area contributed by atoms with E-state index in [1.807, 2.05) is 0 Å². The minimum atomic E-state index is -1.02. The van der Waals surface area contributed by atoms with Gasteiger partial charge in [0.25, 0.3) is 0 Å². The predicted octanol–water partition coefficient (Wildman–Crippen LogP) is 10.9. The van der Waals surface area contributed by atoms with Crippen LogP contribution in [0, 0.1) is 0 Å². The van der Waals surface area contributed by atoms with E-state index in [-0.39, 0.29) is 24.5 Å². The van der Waals surface area contributed by atoms with Gasteiger partial charge in [-0.1, -0.05) is 134 Å². The van der Waals surface area contributed by atoms with Crippen molar-refractivity contribution in [3.8, 4) is 0 Å². The minimum absolute atomic E-state index is 0.0692. The van der Waals surface area contributed by atoms with Gasteiger partial charge in [-0.2, -0.15) is 0 Å². The van der Waals surface area contributed by atoms with Crippen LogP contribution in [0.25, 0.3) is 0 Å². The van der Waals surface area contributed by atoms with Crippen LogP contribution in [0.15, 0.2) is 36.5 Å². The molecule has 1 amide bonds. The number of carboxylic acid groups (broad SMARTS) is 1. The van der Waals surface area contributed by atoms with E-state index in [1.54, 1.807) is 0 Å². The van der Waals surface area contributed by atoms with Gasteiger partial charge < -0.3 is 15.2 Å². The summed E-state index contributed by atoms with van der Waals surface area (Å²) in [7, 11) is 0. The lowest BCUT2D eigenvalue weighted by Crippen LogP contribution is -2.28. The molecule has 0 aromatic carbocycles. The van der Waals surface area contributed by atoms with Crippen LogP contribution < -0.4 is 5.32 Å². The lowest BCUT2D eigenvalue weighted by molar-refractivity contribution is -0.147. The Labute approximate surface area is 276 Å². The highest BCUT2D eigenvalue weighted by molar-refractivity contribution is 5.80. The monoisotopic (exact) mass is 632 g/mol. The van der Waals surface area contributed by atoms with Gasteiger partial charge in [-0.15, -0.1) is 0 Å². The van der Waals surface area contributed by atoms with Gasteiger partial charge in [-0.3, -0.25) is 14.4 Å². The predicted molar refractivity (Wildman–Crippen MR) is 189 cm³/mol. The number of rotatable bonds is 33. The Kier molecular flexibility index (Phi) is 32.7. The Hall–Kier alpha value is -2.37. The average molecular weight is 632 g/mol. The van der Waals surface area contributed by atoms with Crippen molar-refractivity contribution in [1.29, 1.82) is 0 Å². The Morgan fingerprint density at radius 3 is 1.73 bits per heavy atom. The Morgan fingerprint density at radius 2 is 1.11 bits per heavy atom. The minimum Gasteiger partial charge on any atom is -0.480 e. The van der Waals surface area contributed by atoms with Gasteiger partial charge in [0.15, 0.2) is 0 Å². The average Bonchev–Trinajstić information content (AvgIpc) is 3.02. The molecule has 1 unspecified atom stereocenters. The van der Waals surface area contributed by atoms with E-state index in [0.29, 0.717) is 12.8 Å². The number of aliphatic carboxylic acids is 1. The number of esters is 1. The summed E-state index contributed by atoms with van der Waals surface area (Å²) in [6, 6.07) is 0. The summed E-state index contributed by atoms with van der Waals surface area (Å²) in [5.74, 6) is -1.28. The zero-order valence-electron chi connectivity index (χ0n) is 29.2. The van der Waals surface area contributed by atoms with E-state index in [4.69, 9.17) is 9.84 Å². The molecule has 0 aliphatic heterocycles. The summed E-state index contributed by atoms with van der Waals surface area (Å²) in [6.07, 6.45) is 41.3. The molecule has 6 nitrogen and oxygen atoms in total. The molecule has 0 bridgehead atoms. The van der Waals surface area contributed by atoms with Gasteiger partial charge in [-0.05, 0) is 70.3 Å². The normalized spacial score (nSPS) is 12.4. The number of allylic oxidation sites excluding steroid dienone is 5. The fourth-order valence-electron chi connectivity index (χ4n) is 5.20. The Balaban J connectivity index is 4.19. The van der Waals surface area contributed by atoms with E-state index in [1.165, 1.54) is 77.0 Å². The lowest BCUT2D eigenvalue weighted by atomic mass is 10.0. The fourth-order valence-corrected chi connectivity index (χ4v) is 5.20. The van der Waals surface area contributed by atoms with E-state index < -0.39 is 5.97 Å². The number of nitrogens with one attached hydrogen (secondary N) is 1. The molecule has 0 saturated carbocycles. The molecule has 45 heavy (non-hydrogen) atoms. The molecule has 0 fully saturated rings. The van der Waals surface area contributed by atoms with Gasteiger partial charge in [0.2, 0.25) is 5.91 Å². The van der Waals surface area contributed by atoms with E-state index in [9.17, 15) is 14.4 Å². The van der Waals surface area contributed by atoms with Gasteiger partial charge in [-0.25, -0.2) is 0 Å². The van der Waals surface area contributed by atoms with Crippen molar-refractivity contribution < 1.29 is 24.2 Å². The molecule has 0 saturated heterocycles. The quantitative estimate of drug-likeness (QED) is 0.0427. The molecular formula is C39H69NO5. The van der Waals surface area contributed by atoms with Crippen molar-refractivity contribution in [2.24, 2.45) is 0 Å². The van der Waals surface area contributed by atoms with Crippen molar-refractivity contribution in [1.82, 2.24) is 5.32 Å². The standard InChI is InChI=1S/C39H69NO5/c1-3-5-7-9-11-13-14-15-16-17-18-20-26-30-34-39(44)45-36(31-27-23-19-12-10-8-6-4-2)32-28-24-21-22-25-29-33-37(41)40-35-38(42)43/h9,11,14-15,27,31,36H,3-8,10,12-13,16-26,28-30,32-35H2,1-2H3,(H,40,41)(H,42,43)/b11-9-,15-14-,31-27-. The second-order valence-corrected chi connectivity index (χ2v) is 12.5. The number of hydrogen-bond acceptors (Lipinski definition) is 4. The van der Waals surface area contributed by atoms with Crippen LogP contribution in [0.4, 0.5) is 0 Å². The van der Waals surface area contributed by atoms with Crippen molar-refractivity contribution in [2.45, 2.75) is 187 Å². The SMILES string of the molecule is CCCC/C=C\C/C=C\CCCCCCCC(=O)OC(/C=C\CCCCCCCC)CCCCCCCCC(=O)NCC(=O)O. The van der Waals surface area contributed by atoms with Crippen LogP contribution in [-0.4, -0.2) is 35.6 Å². The highest BCUT2D eigenvalue weighted by atomic mass is 16.5. The third kappa shape index (κ3) is 34.3. The molecule has 0 aliphatic carbocycles. The number of carbonyl (C=O) groups is 3. The number of carboxylic acids is 1. The van der Waals surface area contributed by atoms with E-state index in [0.717, 1.165) is 77.0 Å². The second-order valence-electron chi connectivity index (χ2n) is 12.5. The van der Waals surface area contributed by atoms with Gasteiger partial charge in [0.05, 0.1) is 0 Å². The molecule has 6 heteroatoms. The first-order chi connectivity index (χ1) is 22.0. The van der Waals surface area contributed by atoms with Crippen LogP contribution >= 0.6 is 0 Å². The Morgan fingerprint density at radius 1 is 0.600 bits per heavy atom. The maximum absolute atomic E-state index is 12.6. The van der Waals surface area contributed by atoms with E-state index >= 15 is 0 Å². The highest BCUT2D eigenvalue weighted by Gasteiger charge is 2.11. The first-order valence-electron chi connectivity index (χ1n) is 18.6. The summed E-state index contributed by atoms with van der Waals surface area (Å²) in [5, 5.41) is 11.0. The largest absolute Gasteiger partial charge is 0.480 e. The van der Waals surface area contributed by atoms with Crippen molar-refractivity contribution in [3.63, 3.8) is 0 Å². The number of hydrogen-bond donors (Lipinski definition) is 2. The van der Waals surface area contributed by atoms with Gasteiger partial charge in [0, 0.05) is 12.8 Å². The number of amides is 1. The molecule has 0 rings (SSSR count). The molecular weight excluding hydrogens is 562 g/mol. The van der Waals surface area contributed by atoms with Crippen LogP contribution in [-0.2, 0) is 19.1 Å². The molecule has 1 atom stereocenters. The second kappa shape index (κ2) is 34.5. The first kappa shape index (κ1) is 42.6. The summed E-state index contributed by atoms with van der Waals surface area (Å²) in [6.45, 7) is 4.16. The van der Waals surface area contributed by atoms with Gasteiger partial charge >= 0.3 is 11.9 Å². The summed E-state index contributed by atoms with van der Waals surface area (Å²) < 4.78 is 5.91. The highest BCUT2D eigenvalue weighted by Crippen LogP contribution is 2.15. The lowest BCUT2D eigenvalue weighted by Gasteiger charge is -2.15. The fraction of sp³-hybridized carbons (Fsp3) is 0.769.